The van der Waals surface area contributed by atoms with Crippen LogP contribution in [0, 0.1) is 12.9 Å². The lowest BCUT2D eigenvalue weighted by Gasteiger charge is -2.24. The number of halogens is 1. The van der Waals surface area contributed by atoms with Gasteiger partial charge in [0.15, 0.2) is 5.69 Å². The van der Waals surface area contributed by atoms with E-state index in [0.29, 0.717) is 0 Å². The van der Waals surface area contributed by atoms with Gasteiger partial charge in [0, 0.05) is 45.6 Å². The highest BCUT2D eigenvalue weighted by Gasteiger charge is 2.21. The molecule has 2 heterocycles. The summed E-state index contributed by atoms with van der Waals surface area (Å²) in [5, 5.41) is 15.8. The Balaban J connectivity index is 1.86. The number of aromatic nitrogens is 3. The minimum absolute atomic E-state index is 0.0170. The maximum absolute atomic E-state index is 12.9. The van der Waals surface area contributed by atoms with E-state index >= 15 is 0 Å². The summed E-state index contributed by atoms with van der Waals surface area (Å²) < 4.78 is 12.9. The summed E-state index contributed by atoms with van der Waals surface area (Å²) in [6.45, 7) is 1.94. The van der Waals surface area contributed by atoms with Crippen molar-refractivity contribution in [3.8, 4) is 0 Å². The number of aromatic amines is 1. The summed E-state index contributed by atoms with van der Waals surface area (Å²) in [4.78, 5) is 31.0. The number of hydrogen-bond acceptors (Lipinski definition) is 5. The molecule has 2 N–H and O–H groups in total. The second-order valence-electron chi connectivity index (χ2n) is 6.19. The van der Waals surface area contributed by atoms with Gasteiger partial charge in [0.1, 0.15) is 0 Å². The van der Waals surface area contributed by atoms with Gasteiger partial charge in [-0.1, -0.05) is 0 Å². The summed E-state index contributed by atoms with van der Waals surface area (Å²) in [7, 11) is 3.06. The van der Waals surface area contributed by atoms with Crippen LogP contribution in [0.4, 0.5) is 4.39 Å². The van der Waals surface area contributed by atoms with E-state index in [0.717, 1.165) is 17.2 Å². The van der Waals surface area contributed by atoms with Crippen LogP contribution >= 0.6 is 0 Å². The van der Waals surface area contributed by atoms with Crippen LogP contribution in [-0.4, -0.2) is 75.2 Å². The summed E-state index contributed by atoms with van der Waals surface area (Å²) in [6.07, 6.45) is 2.54. The maximum Gasteiger partial charge on any atom is 0.274 e. The average Bonchev–Trinajstić information content (AvgIpc) is 3.02. The van der Waals surface area contributed by atoms with Crippen molar-refractivity contribution >= 4 is 11.8 Å². The van der Waals surface area contributed by atoms with Gasteiger partial charge in [-0.25, -0.2) is 0 Å². The van der Waals surface area contributed by atoms with Gasteiger partial charge < -0.3 is 14.9 Å². The normalized spacial score (nSPS) is 11.9. The van der Waals surface area contributed by atoms with Gasteiger partial charge in [-0.15, -0.1) is 0 Å². The number of carbonyl (C=O) groups excluding carboxylic acids is 2. The van der Waals surface area contributed by atoms with Crippen LogP contribution in [-0.2, 0) is 11.2 Å². The average molecular weight is 363 g/mol. The van der Waals surface area contributed by atoms with Crippen molar-refractivity contribution in [1.82, 2.24) is 25.0 Å². The molecule has 2 aromatic heterocycles. The molecule has 1 unspecified atom stereocenters. The molecule has 0 saturated heterocycles. The highest BCUT2D eigenvalue weighted by molar-refractivity contribution is 5.92. The zero-order chi connectivity index (χ0) is 19.3. The van der Waals surface area contributed by atoms with Gasteiger partial charge in [0.05, 0.1) is 12.5 Å². The molecule has 0 fully saturated rings. The Hall–Kier alpha value is -2.81. The molecule has 0 bridgehead atoms. The molecule has 9 heteroatoms. The van der Waals surface area contributed by atoms with Gasteiger partial charge in [-0.05, 0) is 24.1 Å². The fourth-order valence-electron chi connectivity index (χ4n) is 2.46. The Morgan fingerprint density at radius 3 is 2.62 bits per heavy atom. The molecule has 0 radical (unpaired) electrons. The van der Waals surface area contributed by atoms with Gasteiger partial charge >= 0.3 is 0 Å². The first kappa shape index (κ1) is 19.5. The van der Waals surface area contributed by atoms with Crippen molar-refractivity contribution in [2.75, 3.05) is 27.2 Å². The number of carbonyl (C=O) groups is 2. The summed E-state index contributed by atoms with van der Waals surface area (Å²) in [5.74, 6) is -1.40. The number of hydrogen-bond donors (Lipinski definition) is 2. The lowest BCUT2D eigenvalue weighted by atomic mass is 10.1. The molecule has 0 saturated carbocycles. The quantitative estimate of drug-likeness (QED) is 0.741. The Bertz CT molecular complexity index is 779. The third kappa shape index (κ3) is 5.09. The van der Waals surface area contributed by atoms with E-state index in [4.69, 9.17) is 0 Å². The summed E-state index contributed by atoms with van der Waals surface area (Å²) in [5.41, 5.74) is 1.72. The first-order valence-corrected chi connectivity index (χ1v) is 8.05. The summed E-state index contributed by atoms with van der Waals surface area (Å²) in [6, 6.07) is 2.81. The number of aryl methyl sites for hydroxylation is 1. The lowest BCUT2D eigenvalue weighted by Crippen LogP contribution is -2.42. The molecule has 8 nitrogen and oxygen atoms in total. The number of nitrogens with one attached hydrogen (secondary N) is 1. The number of amides is 2. The number of pyridine rings is 1. The van der Waals surface area contributed by atoms with Crippen LogP contribution in [0.25, 0.3) is 0 Å². The minimum Gasteiger partial charge on any atom is -0.389 e. The van der Waals surface area contributed by atoms with Crippen LogP contribution in [0.5, 0.6) is 0 Å². The van der Waals surface area contributed by atoms with E-state index < -0.39 is 18.0 Å². The third-order valence-electron chi connectivity index (χ3n) is 4.00. The number of aliphatic hydroxyl groups excluding tert-OH is 1. The fraction of sp³-hybridized carbons (Fsp3) is 0.412. The van der Waals surface area contributed by atoms with Crippen molar-refractivity contribution in [2.45, 2.75) is 19.4 Å². The van der Waals surface area contributed by atoms with Crippen molar-refractivity contribution in [1.29, 1.82) is 0 Å². The molecule has 0 aromatic carbocycles. The van der Waals surface area contributed by atoms with Crippen LogP contribution in [0.15, 0.2) is 24.5 Å². The van der Waals surface area contributed by atoms with Gasteiger partial charge in [-0.2, -0.15) is 9.49 Å². The monoisotopic (exact) mass is 363 g/mol. The van der Waals surface area contributed by atoms with Crippen LogP contribution in [0.2, 0.25) is 0 Å². The first-order chi connectivity index (χ1) is 12.3. The molecule has 2 rings (SSSR count). The number of aliphatic hydroxyl groups is 1. The van der Waals surface area contributed by atoms with Gasteiger partial charge in [0.25, 0.3) is 5.91 Å². The predicted molar refractivity (Wildman–Crippen MR) is 91.8 cm³/mol. The number of rotatable bonds is 7. The van der Waals surface area contributed by atoms with E-state index in [2.05, 4.69) is 10.1 Å². The summed E-state index contributed by atoms with van der Waals surface area (Å²) >= 11 is 0. The van der Waals surface area contributed by atoms with Crippen LogP contribution in [0.3, 0.4) is 0 Å². The smallest absolute Gasteiger partial charge is 0.274 e. The molecular formula is C17H22FN5O3. The molecule has 0 aliphatic heterocycles. The highest BCUT2D eigenvalue weighted by atomic mass is 19.1. The van der Waals surface area contributed by atoms with Crippen molar-refractivity contribution in [3.05, 3.63) is 47.3 Å². The topological polar surface area (TPSA) is 102 Å². The van der Waals surface area contributed by atoms with Gasteiger partial charge in [0.2, 0.25) is 11.9 Å². The van der Waals surface area contributed by atoms with Crippen molar-refractivity contribution in [2.24, 2.45) is 0 Å². The van der Waals surface area contributed by atoms with Crippen molar-refractivity contribution in [3.63, 3.8) is 0 Å². The van der Waals surface area contributed by atoms with E-state index in [1.165, 1.54) is 16.8 Å². The molecule has 1 atom stereocenters. The largest absolute Gasteiger partial charge is 0.389 e. The Morgan fingerprint density at radius 2 is 2.00 bits per heavy atom. The predicted octanol–water partition coefficient (Wildman–Crippen LogP) is 0.386. The molecule has 0 spiro atoms. The number of nitrogens with zero attached hydrogens (tertiary/aromatic N) is 4. The van der Waals surface area contributed by atoms with E-state index in [9.17, 15) is 19.1 Å². The Labute approximate surface area is 150 Å². The second-order valence-corrected chi connectivity index (χ2v) is 6.19. The second kappa shape index (κ2) is 8.52. The van der Waals surface area contributed by atoms with E-state index in [1.54, 1.807) is 19.4 Å². The van der Waals surface area contributed by atoms with Crippen LogP contribution < -0.4 is 0 Å². The Kier molecular flexibility index (Phi) is 6.40. The van der Waals surface area contributed by atoms with Crippen molar-refractivity contribution < 1.29 is 19.1 Å². The molecular weight excluding hydrogens is 341 g/mol. The lowest BCUT2D eigenvalue weighted by molar-refractivity contribution is -0.130. The number of H-pyrrole nitrogens is 1. The molecule has 2 amide bonds. The fourth-order valence-corrected chi connectivity index (χ4v) is 2.46. The molecule has 0 aliphatic rings. The highest BCUT2D eigenvalue weighted by Crippen LogP contribution is 2.08. The molecule has 0 aliphatic carbocycles. The first-order valence-electron chi connectivity index (χ1n) is 8.05. The third-order valence-corrected chi connectivity index (χ3v) is 4.00. The van der Waals surface area contributed by atoms with Crippen LogP contribution in [0.1, 0.15) is 21.6 Å². The van der Waals surface area contributed by atoms with E-state index in [1.807, 2.05) is 18.1 Å². The standard InChI is InChI=1S/C17H22FN5O3/c1-11-4-5-19-8-12(11)6-16(25)22(2)9-13(24)10-23(3)17(26)14-7-15(18)21-20-14/h4-5,7-8,13,24H,6,9-10H2,1-3H3,(H,20,21). The Morgan fingerprint density at radius 1 is 1.31 bits per heavy atom. The number of likely N-dealkylation sites (N-methyl/N-ethyl adjacent to an activating group) is 2. The van der Waals surface area contributed by atoms with E-state index in [-0.39, 0.29) is 31.1 Å². The maximum atomic E-state index is 12.9. The SMILES string of the molecule is Cc1ccncc1CC(=O)N(C)CC(O)CN(C)C(=O)c1cc(F)[nH]n1. The van der Waals surface area contributed by atoms with Gasteiger partial charge in [-0.3, -0.25) is 19.7 Å². The molecule has 140 valence electrons. The zero-order valence-corrected chi connectivity index (χ0v) is 14.9. The molecule has 2 aromatic rings. The minimum atomic E-state index is -0.948. The molecule has 26 heavy (non-hydrogen) atoms. The zero-order valence-electron chi connectivity index (χ0n) is 14.9.